The van der Waals surface area contributed by atoms with Gasteiger partial charge in [0.2, 0.25) is 5.69 Å². The number of hydrogen-bond donors (Lipinski definition) is 3. The van der Waals surface area contributed by atoms with Gasteiger partial charge in [0.15, 0.2) is 5.11 Å². The van der Waals surface area contributed by atoms with Crippen molar-refractivity contribution in [2.45, 2.75) is 6.54 Å². The summed E-state index contributed by atoms with van der Waals surface area (Å²) in [6, 6.07) is 16.6. The summed E-state index contributed by atoms with van der Waals surface area (Å²) >= 11 is 5.47. The first kappa shape index (κ1) is 19.6. The quantitative estimate of drug-likeness (QED) is 0.407. The number of nitrogens with zero attached hydrogens (tertiary/aromatic N) is 2. The summed E-state index contributed by atoms with van der Waals surface area (Å²) in [6.07, 6.45) is 0. The second-order valence-corrected chi connectivity index (χ2v) is 6.29. The molecule has 0 bridgehead atoms. The zero-order valence-electron chi connectivity index (χ0n) is 15.3. The van der Waals surface area contributed by atoms with Gasteiger partial charge in [-0.1, -0.05) is 18.2 Å². The van der Waals surface area contributed by atoms with Crippen LogP contribution in [-0.4, -0.2) is 40.7 Å². The Balaban J connectivity index is 1.84. The maximum Gasteiger partial charge on any atom is 0.432 e. The van der Waals surface area contributed by atoms with Gasteiger partial charge in [-0.25, -0.2) is 4.79 Å². The highest BCUT2D eigenvalue weighted by atomic mass is 32.1. The number of anilines is 1. The zero-order chi connectivity index (χ0) is 19.9. The number of ether oxygens (including phenoxy) is 1. The van der Waals surface area contributed by atoms with Gasteiger partial charge in [0.25, 0.3) is 0 Å². The molecular formula is C19H21N4O4S+. The molecule has 0 unspecified atom stereocenters. The molecule has 8 nitrogen and oxygen atoms in total. The van der Waals surface area contributed by atoms with Crippen molar-refractivity contribution in [3.05, 3.63) is 70.7 Å². The average Bonchev–Trinajstić information content (AvgIpc) is 3.08. The lowest BCUT2D eigenvalue weighted by Gasteiger charge is -2.23. The van der Waals surface area contributed by atoms with Crippen molar-refractivity contribution in [3.63, 3.8) is 0 Å². The Bertz CT molecular complexity index is 970. The van der Waals surface area contributed by atoms with Crippen molar-refractivity contribution in [2.75, 3.05) is 25.6 Å². The molecule has 3 rings (SSSR count). The molecule has 0 atom stereocenters. The molecule has 0 aliphatic heterocycles. The summed E-state index contributed by atoms with van der Waals surface area (Å²) in [5, 5.41) is 15.5. The van der Waals surface area contributed by atoms with Gasteiger partial charge >= 0.3 is 11.3 Å². The molecule has 0 amide bonds. The van der Waals surface area contributed by atoms with E-state index in [9.17, 15) is 9.90 Å². The number of methoxy groups -OCH3 is 1. The van der Waals surface area contributed by atoms with Gasteiger partial charge in [0.05, 0.1) is 13.7 Å². The van der Waals surface area contributed by atoms with Crippen molar-refractivity contribution in [2.24, 2.45) is 0 Å². The van der Waals surface area contributed by atoms with Crippen LogP contribution in [-0.2, 0) is 6.54 Å². The van der Waals surface area contributed by atoms with Gasteiger partial charge in [-0.05, 0) is 46.4 Å². The predicted octanol–water partition coefficient (Wildman–Crippen LogP) is 1.44. The van der Waals surface area contributed by atoms with Crippen LogP contribution in [0.1, 0.15) is 5.69 Å². The van der Waals surface area contributed by atoms with E-state index in [1.165, 1.54) is 4.68 Å². The Morgan fingerprint density at radius 3 is 2.61 bits per heavy atom. The lowest BCUT2D eigenvalue weighted by Crippen LogP contribution is -2.44. The van der Waals surface area contributed by atoms with Crippen LogP contribution in [0, 0.1) is 0 Å². The second kappa shape index (κ2) is 9.16. The molecule has 146 valence electrons. The number of nitrogens with one attached hydrogen (secondary N) is 2. The molecule has 3 aromatic rings. The first-order valence-electron chi connectivity index (χ1n) is 8.61. The smallest absolute Gasteiger partial charge is 0.432 e. The fourth-order valence-corrected chi connectivity index (χ4v) is 2.92. The zero-order valence-corrected chi connectivity index (χ0v) is 16.1. The molecule has 0 saturated carbocycles. The molecule has 0 aliphatic carbocycles. The van der Waals surface area contributed by atoms with E-state index in [2.05, 4.69) is 10.6 Å². The highest BCUT2D eigenvalue weighted by Gasteiger charge is 2.26. The minimum atomic E-state index is -0.513. The van der Waals surface area contributed by atoms with Crippen molar-refractivity contribution in [1.29, 1.82) is 0 Å². The van der Waals surface area contributed by atoms with Gasteiger partial charge in [-0.2, -0.15) is 0 Å². The van der Waals surface area contributed by atoms with Crippen LogP contribution >= 0.6 is 12.2 Å². The summed E-state index contributed by atoms with van der Waals surface area (Å²) in [5.74, 6) is 0.701. The number of para-hydroxylation sites is 1. The highest BCUT2D eigenvalue weighted by molar-refractivity contribution is 7.80. The molecular weight excluding hydrogens is 380 g/mol. The van der Waals surface area contributed by atoms with Crippen LogP contribution in [0.2, 0.25) is 0 Å². The normalized spacial score (nSPS) is 10.5. The molecule has 3 N–H and O–H groups in total. The summed E-state index contributed by atoms with van der Waals surface area (Å²) in [5.41, 5.74) is 1.35. The number of rotatable bonds is 7. The third kappa shape index (κ3) is 4.56. The van der Waals surface area contributed by atoms with E-state index < -0.39 is 5.63 Å². The molecule has 2 aromatic carbocycles. The number of H-pyrrole nitrogens is 1. The van der Waals surface area contributed by atoms with Gasteiger partial charge in [0.1, 0.15) is 12.3 Å². The van der Waals surface area contributed by atoms with Crippen LogP contribution in [0.4, 0.5) is 5.69 Å². The third-order valence-corrected chi connectivity index (χ3v) is 4.45. The Morgan fingerprint density at radius 1 is 1.25 bits per heavy atom. The maximum absolute atomic E-state index is 12.3. The van der Waals surface area contributed by atoms with Gasteiger partial charge in [0, 0.05) is 24.4 Å². The van der Waals surface area contributed by atoms with E-state index >= 15 is 0 Å². The third-order valence-electron chi connectivity index (χ3n) is 4.09. The molecule has 0 radical (unpaired) electrons. The molecule has 0 saturated heterocycles. The number of aliphatic hydroxyl groups is 1. The SMILES string of the molecule is COc1ccc(-[n+]2[nH]oc(=O)c2CN(CCO)C(=S)Nc2ccccc2)cc1. The molecule has 0 spiro atoms. The van der Waals surface area contributed by atoms with E-state index in [4.69, 9.17) is 21.5 Å². The topological polar surface area (TPSA) is 94.6 Å². The summed E-state index contributed by atoms with van der Waals surface area (Å²) in [4.78, 5) is 14.0. The van der Waals surface area contributed by atoms with Crippen LogP contribution in [0.3, 0.4) is 0 Å². The van der Waals surface area contributed by atoms with Crippen molar-refractivity contribution in [3.8, 4) is 11.4 Å². The van der Waals surface area contributed by atoms with Crippen LogP contribution in [0.15, 0.2) is 63.9 Å². The standard InChI is InChI=1S/C19H20N4O4S/c1-26-16-9-7-15(8-10-16)23-17(18(25)27-21-23)13-22(11-12-24)19(28)20-14-5-3-2-4-6-14/h2-10,24H,11-13H2,1H3,(H-,20,21,25,28)/p+1. The van der Waals surface area contributed by atoms with Crippen LogP contribution in [0.5, 0.6) is 5.75 Å². The molecule has 28 heavy (non-hydrogen) atoms. The Kier molecular flexibility index (Phi) is 6.41. The summed E-state index contributed by atoms with van der Waals surface area (Å²) in [7, 11) is 1.58. The summed E-state index contributed by atoms with van der Waals surface area (Å²) in [6.45, 7) is 0.290. The molecule has 0 aliphatic rings. The van der Waals surface area contributed by atoms with E-state index in [0.717, 1.165) is 5.69 Å². The van der Waals surface area contributed by atoms with E-state index in [1.54, 1.807) is 36.3 Å². The first-order valence-corrected chi connectivity index (χ1v) is 9.02. The molecule has 1 heterocycles. The molecule has 9 heteroatoms. The number of benzene rings is 2. The Hall–Kier alpha value is -3.17. The lowest BCUT2D eigenvalue weighted by molar-refractivity contribution is -0.678. The second-order valence-electron chi connectivity index (χ2n) is 5.90. The van der Waals surface area contributed by atoms with E-state index in [0.29, 0.717) is 22.2 Å². The van der Waals surface area contributed by atoms with Gasteiger partial charge < -0.3 is 20.1 Å². The number of aliphatic hydroxyl groups excluding tert-OH is 1. The lowest BCUT2D eigenvalue weighted by atomic mass is 10.3. The maximum atomic E-state index is 12.3. The Labute approximate surface area is 166 Å². The highest BCUT2D eigenvalue weighted by Crippen LogP contribution is 2.12. The minimum absolute atomic E-state index is 0.116. The fourth-order valence-electron chi connectivity index (χ4n) is 2.65. The molecule has 0 fully saturated rings. The van der Waals surface area contributed by atoms with Crippen molar-refractivity contribution in [1.82, 2.24) is 10.2 Å². The largest absolute Gasteiger partial charge is 0.497 e. The van der Waals surface area contributed by atoms with E-state index in [-0.39, 0.29) is 19.7 Å². The van der Waals surface area contributed by atoms with E-state index in [1.807, 2.05) is 30.3 Å². The number of hydrogen-bond acceptors (Lipinski definition) is 5. The molecule has 1 aromatic heterocycles. The number of thiocarbonyl (C=S) groups is 1. The monoisotopic (exact) mass is 401 g/mol. The number of aromatic amines is 1. The predicted molar refractivity (Wildman–Crippen MR) is 108 cm³/mol. The minimum Gasteiger partial charge on any atom is -0.497 e. The van der Waals surface area contributed by atoms with Gasteiger partial charge in [-0.3, -0.25) is 4.52 Å². The van der Waals surface area contributed by atoms with Gasteiger partial charge in [-0.15, -0.1) is 0 Å². The van der Waals surface area contributed by atoms with Crippen LogP contribution < -0.4 is 20.4 Å². The van der Waals surface area contributed by atoms with Crippen LogP contribution in [0.25, 0.3) is 5.69 Å². The fraction of sp³-hybridized carbons (Fsp3) is 0.211. The summed E-state index contributed by atoms with van der Waals surface area (Å²) < 4.78 is 11.7. The van der Waals surface area contributed by atoms with Crippen molar-refractivity contribution < 1.29 is 19.0 Å². The average molecular weight is 401 g/mol. The number of aromatic nitrogens is 2. The van der Waals surface area contributed by atoms with Crippen molar-refractivity contribution >= 4 is 23.0 Å². The Morgan fingerprint density at radius 2 is 1.96 bits per heavy atom. The first-order chi connectivity index (χ1) is 13.6.